The molecule has 2 bridgehead atoms. The van der Waals surface area contributed by atoms with Gasteiger partial charge in [0.25, 0.3) is 11.8 Å². The van der Waals surface area contributed by atoms with Crippen LogP contribution in [0.2, 0.25) is 20.1 Å². The smallest absolute Gasteiger partial charge is 0.262 e. The van der Waals surface area contributed by atoms with Crippen LogP contribution in [-0.2, 0) is 9.59 Å². The fourth-order valence-corrected chi connectivity index (χ4v) is 8.67. The summed E-state index contributed by atoms with van der Waals surface area (Å²) in [6.07, 6.45) is 6.95. The zero-order valence-electron chi connectivity index (χ0n) is 34.0. The average Bonchev–Trinajstić information content (AvgIpc) is 3.91. The molecule has 9 rings (SSSR count). The van der Waals surface area contributed by atoms with Crippen molar-refractivity contribution in [2.45, 2.75) is 37.4 Å². The van der Waals surface area contributed by atoms with E-state index in [-0.39, 0.29) is 25.0 Å². The molecule has 18 heteroatoms. The predicted molar refractivity (Wildman–Crippen MR) is 247 cm³/mol. The number of piperidine rings is 1. The summed E-state index contributed by atoms with van der Waals surface area (Å²) >= 11 is 23.9. The first-order valence-electron chi connectivity index (χ1n) is 20.1. The van der Waals surface area contributed by atoms with Crippen LogP contribution in [-0.4, -0.2) is 108 Å². The first kappa shape index (κ1) is 43.4. The van der Waals surface area contributed by atoms with Crippen LogP contribution in [0.4, 0.5) is 23.3 Å². The Balaban J connectivity index is 0.000000171. The lowest BCUT2D eigenvalue weighted by atomic mass is 10.0. The number of nitrogens with one attached hydrogen (secondary N) is 3. The molecule has 4 aromatic carbocycles. The molecule has 3 fully saturated rings. The number of hydrogen-bond acceptors (Lipinski definition) is 12. The number of halogens is 4. The van der Waals surface area contributed by atoms with E-state index in [1.807, 2.05) is 36.4 Å². The van der Waals surface area contributed by atoms with E-state index >= 15 is 0 Å². The van der Waals surface area contributed by atoms with E-state index in [0.29, 0.717) is 61.1 Å². The molecular formula is C44H44Cl4N10O4. The van der Waals surface area contributed by atoms with Crippen LogP contribution in [0.1, 0.15) is 19.3 Å². The molecule has 3 aliphatic rings. The molecule has 0 saturated carbocycles. The second-order valence-corrected chi connectivity index (χ2v) is 17.2. The molecule has 62 heavy (non-hydrogen) atoms. The van der Waals surface area contributed by atoms with Crippen molar-refractivity contribution in [3.05, 3.63) is 105 Å². The number of anilines is 4. The molecule has 0 radical (unpaired) electrons. The summed E-state index contributed by atoms with van der Waals surface area (Å²) < 4.78 is 11.0. The van der Waals surface area contributed by atoms with E-state index in [0.717, 1.165) is 79.1 Å². The molecule has 14 nitrogen and oxygen atoms in total. The van der Waals surface area contributed by atoms with Crippen molar-refractivity contribution in [2.75, 3.05) is 73.9 Å². The highest BCUT2D eigenvalue weighted by Gasteiger charge is 2.38. The minimum Gasteiger partial charge on any atom is -0.482 e. The van der Waals surface area contributed by atoms with E-state index in [4.69, 9.17) is 65.8 Å². The van der Waals surface area contributed by atoms with Crippen LogP contribution in [0, 0.1) is 0 Å². The van der Waals surface area contributed by atoms with Crippen LogP contribution in [0.5, 0.6) is 11.5 Å². The number of carbonyl (C=O) groups is 2. The van der Waals surface area contributed by atoms with Gasteiger partial charge >= 0.3 is 0 Å². The van der Waals surface area contributed by atoms with Gasteiger partial charge in [-0.2, -0.15) is 0 Å². The van der Waals surface area contributed by atoms with Gasteiger partial charge in [0.05, 0.1) is 21.1 Å². The van der Waals surface area contributed by atoms with Gasteiger partial charge in [0.2, 0.25) is 11.9 Å². The van der Waals surface area contributed by atoms with E-state index in [9.17, 15) is 9.59 Å². The van der Waals surface area contributed by atoms with Gasteiger partial charge in [0.15, 0.2) is 13.2 Å². The molecule has 3 aliphatic heterocycles. The molecule has 6 aromatic rings. The SMILES string of the molecule is CN(C)C1CCN(c2ncc3cc(NC(=O)COc4ccc(Cl)cc4Cl)ccc3n2)CC1.O=C(COc1ccc(Cl)cc1Cl)Nc1ccc2nc(N3CC4CC3CN4)ncc2c1. The average molecular weight is 919 g/mol. The standard InChI is InChI=1S/C23H25Cl2N5O2.C21H19Cl2N5O2/c1-29(2)18-7-9-30(10-8-18)23-26-13-15-11-17(4-5-20(15)28-23)27-22(31)14-32-21-6-3-16(24)12-19(21)25;22-13-1-4-19(17(23)6-13)30-11-20(29)26-14-2-3-18-12(5-14)8-25-21(27-18)28-10-15-7-16(28)9-24-15/h3-6,11-13,18H,7-10,14H2,1-2H3,(H,27,31);1-6,8,15-16,24H,7,9-11H2,(H,26,29). The lowest BCUT2D eigenvalue weighted by Crippen LogP contribution is -2.44. The number of rotatable bonds is 11. The second-order valence-electron chi connectivity index (χ2n) is 15.5. The van der Waals surface area contributed by atoms with Crippen molar-refractivity contribution in [1.82, 2.24) is 30.2 Å². The molecule has 3 saturated heterocycles. The van der Waals surface area contributed by atoms with Crippen LogP contribution < -0.4 is 35.2 Å². The fraction of sp³-hybridized carbons (Fsp3) is 0.318. The zero-order valence-corrected chi connectivity index (χ0v) is 37.0. The van der Waals surface area contributed by atoms with E-state index in [2.05, 4.69) is 54.7 Å². The lowest BCUT2D eigenvalue weighted by molar-refractivity contribution is -0.118. The summed E-state index contributed by atoms with van der Waals surface area (Å²) in [7, 11) is 4.25. The van der Waals surface area contributed by atoms with Crippen molar-refractivity contribution in [2.24, 2.45) is 0 Å². The number of carbonyl (C=O) groups excluding carboxylic acids is 2. The van der Waals surface area contributed by atoms with Crippen molar-refractivity contribution < 1.29 is 19.1 Å². The topological polar surface area (TPSA) is 150 Å². The number of hydrogen-bond donors (Lipinski definition) is 3. The summed E-state index contributed by atoms with van der Waals surface area (Å²) in [5.41, 5.74) is 2.99. The number of piperazine rings is 1. The minimum absolute atomic E-state index is 0.166. The fourth-order valence-electron chi connectivity index (χ4n) is 7.75. The highest BCUT2D eigenvalue weighted by atomic mass is 35.5. The summed E-state index contributed by atoms with van der Waals surface area (Å²) in [6, 6.07) is 22.5. The Kier molecular flexibility index (Phi) is 13.6. The maximum Gasteiger partial charge on any atom is 0.262 e. The molecule has 2 unspecified atom stereocenters. The minimum atomic E-state index is -0.295. The molecule has 2 atom stereocenters. The Hall–Kier alpha value is -5.22. The molecule has 322 valence electrons. The number of benzene rings is 4. The van der Waals surface area contributed by atoms with Crippen LogP contribution in [0.25, 0.3) is 21.8 Å². The van der Waals surface area contributed by atoms with Gasteiger partial charge < -0.3 is 40.1 Å². The van der Waals surface area contributed by atoms with Crippen LogP contribution in [0.15, 0.2) is 85.2 Å². The maximum atomic E-state index is 12.3. The Morgan fingerprint density at radius 3 is 1.76 bits per heavy atom. The van der Waals surface area contributed by atoms with Gasteiger partial charge in [-0.25, -0.2) is 19.9 Å². The molecular weight excluding hydrogens is 874 g/mol. The quantitative estimate of drug-likeness (QED) is 0.116. The second kappa shape index (κ2) is 19.4. The molecule has 0 spiro atoms. The molecule has 5 heterocycles. The molecule has 2 aromatic heterocycles. The van der Waals surface area contributed by atoms with E-state index in [1.54, 1.807) is 48.8 Å². The summed E-state index contributed by atoms with van der Waals surface area (Å²) in [5, 5.41) is 12.6. The van der Waals surface area contributed by atoms with Gasteiger partial charge in [-0.3, -0.25) is 9.59 Å². The molecule has 3 N–H and O–H groups in total. The monoisotopic (exact) mass is 916 g/mol. The van der Waals surface area contributed by atoms with Crippen molar-refractivity contribution in [1.29, 1.82) is 0 Å². The van der Waals surface area contributed by atoms with Gasteiger partial charge in [-0.05, 0) is 106 Å². The Morgan fingerprint density at radius 1 is 0.742 bits per heavy atom. The van der Waals surface area contributed by atoms with Gasteiger partial charge in [0, 0.05) is 88.9 Å². The number of fused-ring (bicyclic) bond motifs is 4. The van der Waals surface area contributed by atoms with Crippen LogP contribution in [0.3, 0.4) is 0 Å². The van der Waals surface area contributed by atoms with Crippen molar-refractivity contribution in [3.63, 3.8) is 0 Å². The summed E-state index contributed by atoms with van der Waals surface area (Å²) in [5.74, 6) is 1.73. The van der Waals surface area contributed by atoms with Gasteiger partial charge in [0.1, 0.15) is 11.5 Å². The Bertz CT molecular complexity index is 2600. The van der Waals surface area contributed by atoms with Gasteiger partial charge in [-0.15, -0.1) is 0 Å². The largest absolute Gasteiger partial charge is 0.482 e. The summed E-state index contributed by atoms with van der Waals surface area (Å²) in [6.45, 7) is 3.49. The first-order chi connectivity index (χ1) is 29.9. The van der Waals surface area contributed by atoms with E-state index < -0.39 is 0 Å². The third-order valence-electron chi connectivity index (χ3n) is 11.0. The van der Waals surface area contributed by atoms with Crippen molar-refractivity contribution >= 4 is 103 Å². The van der Waals surface area contributed by atoms with E-state index in [1.165, 1.54) is 0 Å². The first-order valence-corrected chi connectivity index (χ1v) is 21.7. The molecule has 0 aliphatic carbocycles. The number of nitrogens with zero attached hydrogens (tertiary/aromatic N) is 7. The van der Waals surface area contributed by atoms with Gasteiger partial charge in [-0.1, -0.05) is 46.4 Å². The number of ether oxygens (including phenoxy) is 2. The predicted octanol–water partition coefficient (Wildman–Crippen LogP) is 7.99. The third kappa shape index (κ3) is 10.7. The third-order valence-corrected chi connectivity index (χ3v) is 12.1. The number of amides is 2. The highest BCUT2D eigenvalue weighted by molar-refractivity contribution is 6.36. The normalized spacial score (nSPS) is 17.3. The summed E-state index contributed by atoms with van der Waals surface area (Å²) in [4.78, 5) is 49.9. The zero-order chi connectivity index (χ0) is 43.3. The Labute approximate surface area is 378 Å². The van der Waals surface area contributed by atoms with Crippen LogP contribution >= 0.6 is 46.4 Å². The maximum absolute atomic E-state index is 12.3. The molecule has 2 amide bonds. The Morgan fingerprint density at radius 2 is 1.27 bits per heavy atom. The lowest BCUT2D eigenvalue weighted by Gasteiger charge is -2.35. The highest BCUT2D eigenvalue weighted by Crippen LogP contribution is 2.31. The van der Waals surface area contributed by atoms with Crippen molar-refractivity contribution in [3.8, 4) is 11.5 Å². The number of aromatic nitrogens is 4.